The van der Waals surface area contributed by atoms with E-state index in [1.807, 2.05) is 46.0 Å². The molecule has 0 aromatic carbocycles. The number of carbonyl (C=O) groups is 2. The predicted molar refractivity (Wildman–Crippen MR) is 139 cm³/mol. The highest BCUT2D eigenvalue weighted by Crippen LogP contribution is 2.40. The number of aryl methyl sites for hydroxylation is 1. The molecule has 2 fully saturated rings. The van der Waals surface area contributed by atoms with Crippen molar-refractivity contribution in [3.05, 3.63) is 52.6 Å². The molecule has 2 aromatic rings. The molecule has 0 unspecified atom stereocenters. The van der Waals surface area contributed by atoms with Gasteiger partial charge in [-0.3, -0.25) is 9.88 Å². The van der Waals surface area contributed by atoms with Gasteiger partial charge in [0.05, 0.1) is 5.69 Å². The molecule has 1 N–H and O–H groups in total. The number of carbonyl (C=O) groups excluding carboxylic acids is 1. The molecule has 1 aliphatic heterocycles. The third kappa shape index (κ3) is 6.58. The van der Waals surface area contributed by atoms with Crippen LogP contribution in [0, 0.1) is 18.3 Å². The Balaban J connectivity index is 1.55. The molecular weight excluding hydrogens is 486 g/mol. The molecule has 10 nitrogen and oxygen atoms in total. The van der Waals surface area contributed by atoms with Gasteiger partial charge in [0.15, 0.2) is 23.2 Å². The highest BCUT2D eigenvalue weighted by Gasteiger charge is 2.33. The maximum Gasteiger partial charge on any atom is 0.410 e. The van der Waals surface area contributed by atoms with Gasteiger partial charge in [0.25, 0.3) is 0 Å². The van der Waals surface area contributed by atoms with Crippen LogP contribution in [0.2, 0.25) is 0 Å². The molecule has 1 saturated heterocycles. The molecule has 1 amide bonds. The molecule has 2 atom stereocenters. The summed E-state index contributed by atoms with van der Waals surface area (Å²) in [4.78, 5) is 36.8. The number of rotatable bonds is 7. The number of pyridine rings is 2. The van der Waals surface area contributed by atoms with E-state index in [9.17, 15) is 20.0 Å². The van der Waals surface area contributed by atoms with Crippen molar-refractivity contribution >= 4 is 12.1 Å². The average Bonchev–Trinajstić information content (AvgIpc) is 3.68. The summed E-state index contributed by atoms with van der Waals surface area (Å²) in [6.07, 6.45) is 3.37. The molecule has 38 heavy (non-hydrogen) atoms. The van der Waals surface area contributed by atoms with Gasteiger partial charge in [0.2, 0.25) is 0 Å². The number of hydrogen-bond acceptors (Lipinski definition) is 8. The number of aromatic carboxylic acids is 1. The summed E-state index contributed by atoms with van der Waals surface area (Å²) in [5.41, 5.74) is 1.49. The van der Waals surface area contributed by atoms with Crippen molar-refractivity contribution in [2.45, 2.75) is 71.1 Å². The van der Waals surface area contributed by atoms with Crippen LogP contribution in [0.5, 0.6) is 5.75 Å². The zero-order chi connectivity index (χ0) is 27.6. The van der Waals surface area contributed by atoms with Crippen molar-refractivity contribution in [3.8, 4) is 11.8 Å². The summed E-state index contributed by atoms with van der Waals surface area (Å²) in [6, 6.07) is 7.46. The topological polar surface area (TPSA) is 129 Å². The lowest BCUT2D eigenvalue weighted by Gasteiger charge is -2.41. The van der Waals surface area contributed by atoms with Crippen molar-refractivity contribution in [1.29, 1.82) is 5.26 Å². The first-order chi connectivity index (χ1) is 17.9. The summed E-state index contributed by atoms with van der Waals surface area (Å²) in [6.45, 7) is 11.4. The lowest BCUT2D eigenvalue weighted by atomic mass is 10.1. The highest BCUT2D eigenvalue weighted by atomic mass is 16.6. The summed E-state index contributed by atoms with van der Waals surface area (Å²) < 4.78 is 11.9. The molecule has 1 aliphatic carbocycles. The first-order valence-corrected chi connectivity index (χ1v) is 12.9. The molecule has 4 rings (SSSR count). The second-order valence-electron chi connectivity index (χ2n) is 11.1. The van der Waals surface area contributed by atoms with Gasteiger partial charge in [-0.2, -0.15) is 5.26 Å². The molecular formula is C28H35N5O5. The standard InChI is InChI=1S/C28H35N5O5/c1-17-12-23(22(13-29)31-25(17)26(34)35)37-24(21-9-8-20(14-30-21)19-6-7-19)16-32-10-11-33(18(2)15-32)27(36)38-28(3,4)5/h8-9,12,14,18-19,24H,6-7,10-11,15-16H2,1-5H3,(H,34,35)/t18-,24-/m1/s1. The van der Waals surface area contributed by atoms with Crippen molar-refractivity contribution in [2.24, 2.45) is 0 Å². The second-order valence-corrected chi connectivity index (χ2v) is 11.1. The number of carboxylic acids is 1. The van der Waals surface area contributed by atoms with Crippen LogP contribution in [-0.4, -0.2) is 74.8 Å². The number of nitrogens with zero attached hydrogens (tertiary/aromatic N) is 5. The maximum atomic E-state index is 12.7. The van der Waals surface area contributed by atoms with E-state index in [0.717, 1.165) is 0 Å². The minimum atomic E-state index is -1.20. The summed E-state index contributed by atoms with van der Waals surface area (Å²) in [7, 11) is 0. The van der Waals surface area contributed by atoms with Gasteiger partial charge >= 0.3 is 12.1 Å². The van der Waals surface area contributed by atoms with Crippen LogP contribution in [0.25, 0.3) is 0 Å². The monoisotopic (exact) mass is 521 g/mol. The number of hydrogen-bond donors (Lipinski definition) is 1. The van der Waals surface area contributed by atoms with Crippen LogP contribution in [0.15, 0.2) is 24.4 Å². The smallest absolute Gasteiger partial charge is 0.410 e. The van der Waals surface area contributed by atoms with Crippen molar-refractivity contribution < 1.29 is 24.2 Å². The van der Waals surface area contributed by atoms with Gasteiger partial charge in [-0.1, -0.05) is 6.07 Å². The van der Waals surface area contributed by atoms with E-state index in [-0.39, 0.29) is 29.3 Å². The third-order valence-electron chi connectivity index (χ3n) is 6.71. The normalized spacial score (nSPS) is 18.9. The Labute approximate surface area is 223 Å². The largest absolute Gasteiger partial charge is 0.480 e. The Bertz CT molecular complexity index is 1230. The van der Waals surface area contributed by atoms with Crippen LogP contribution in [0.3, 0.4) is 0 Å². The Hall–Kier alpha value is -3.71. The molecule has 0 spiro atoms. The Morgan fingerprint density at radius 1 is 1.26 bits per heavy atom. The number of ether oxygens (including phenoxy) is 2. The minimum absolute atomic E-state index is 0.0714. The fourth-order valence-corrected chi connectivity index (χ4v) is 4.61. The molecule has 1 saturated carbocycles. The number of piperazine rings is 1. The van der Waals surface area contributed by atoms with E-state index in [4.69, 9.17) is 14.5 Å². The van der Waals surface area contributed by atoms with Gasteiger partial charge in [-0.25, -0.2) is 14.6 Å². The Kier molecular flexibility index (Phi) is 7.88. The molecule has 2 aromatic heterocycles. The van der Waals surface area contributed by atoms with Gasteiger partial charge in [0, 0.05) is 38.4 Å². The SMILES string of the molecule is Cc1cc(O[C@H](CN2CCN(C(=O)OC(C)(C)C)[C@H](C)C2)c2ccc(C3CC3)cn2)c(C#N)nc1C(=O)O. The van der Waals surface area contributed by atoms with Crippen LogP contribution in [0.4, 0.5) is 4.79 Å². The fourth-order valence-electron chi connectivity index (χ4n) is 4.61. The van der Waals surface area contributed by atoms with Crippen LogP contribution in [-0.2, 0) is 4.74 Å². The molecule has 2 aliphatic rings. The van der Waals surface area contributed by atoms with E-state index in [1.165, 1.54) is 18.4 Å². The first kappa shape index (κ1) is 27.3. The van der Waals surface area contributed by atoms with Crippen LogP contribution < -0.4 is 4.74 Å². The molecule has 0 radical (unpaired) electrons. The van der Waals surface area contributed by atoms with E-state index < -0.39 is 17.7 Å². The van der Waals surface area contributed by atoms with Crippen molar-refractivity contribution in [1.82, 2.24) is 19.8 Å². The van der Waals surface area contributed by atoms with E-state index in [2.05, 4.69) is 16.0 Å². The highest BCUT2D eigenvalue weighted by molar-refractivity contribution is 5.87. The zero-order valence-electron chi connectivity index (χ0n) is 22.6. The van der Waals surface area contributed by atoms with Gasteiger partial charge in [-0.15, -0.1) is 0 Å². The number of nitriles is 1. The van der Waals surface area contributed by atoms with E-state index in [1.54, 1.807) is 17.9 Å². The van der Waals surface area contributed by atoms with Crippen molar-refractivity contribution in [2.75, 3.05) is 26.2 Å². The Morgan fingerprint density at radius 2 is 2.00 bits per heavy atom. The Morgan fingerprint density at radius 3 is 2.55 bits per heavy atom. The zero-order valence-corrected chi connectivity index (χ0v) is 22.6. The molecule has 0 bridgehead atoms. The van der Waals surface area contributed by atoms with E-state index in [0.29, 0.717) is 43.4 Å². The number of carboxylic acid groups (broad SMARTS) is 1. The molecule has 202 valence electrons. The lowest BCUT2D eigenvalue weighted by Crippen LogP contribution is -2.55. The fraction of sp³-hybridized carbons (Fsp3) is 0.536. The molecule has 3 heterocycles. The minimum Gasteiger partial charge on any atom is -0.480 e. The summed E-state index contributed by atoms with van der Waals surface area (Å²) >= 11 is 0. The van der Waals surface area contributed by atoms with Crippen LogP contribution in [0.1, 0.15) is 85.6 Å². The number of amides is 1. The van der Waals surface area contributed by atoms with Gasteiger partial charge in [-0.05, 0) is 76.6 Å². The second kappa shape index (κ2) is 11.0. The van der Waals surface area contributed by atoms with Gasteiger partial charge in [0.1, 0.15) is 11.7 Å². The van der Waals surface area contributed by atoms with Crippen molar-refractivity contribution in [3.63, 3.8) is 0 Å². The van der Waals surface area contributed by atoms with E-state index >= 15 is 0 Å². The molecule has 10 heteroatoms. The third-order valence-corrected chi connectivity index (χ3v) is 6.71. The quantitative estimate of drug-likeness (QED) is 0.567. The summed E-state index contributed by atoms with van der Waals surface area (Å²) in [5.74, 6) is -0.414. The summed E-state index contributed by atoms with van der Waals surface area (Å²) in [5, 5.41) is 19.1. The first-order valence-electron chi connectivity index (χ1n) is 12.9. The average molecular weight is 522 g/mol. The van der Waals surface area contributed by atoms with Gasteiger partial charge < -0.3 is 19.5 Å². The maximum absolute atomic E-state index is 12.7. The van der Waals surface area contributed by atoms with Crippen LogP contribution >= 0.6 is 0 Å². The number of aromatic nitrogens is 2. The lowest BCUT2D eigenvalue weighted by molar-refractivity contribution is -0.00319. The predicted octanol–water partition coefficient (Wildman–Crippen LogP) is 4.29.